The fourth-order valence-corrected chi connectivity index (χ4v) is 1.68. The Bertz CT molecular complexity index is 752. The minimum Gasteiger partial charge on any atom is -0.512 e. The molecule has 0 spiro atoms. The van der Waals surface area contributed by atoms with Gasteiger partial charge < -0.3 is 14.6 Å². The maximum absolute atomic E-state index is 12.0. The van der Waals surface area contributed by atoms with Crippen LogP contribution in [0, 0.1) is 6.92 Å². The second-order valence-corrected chi connectivity index (χ2v) is 5.08. The van der Waals surface area contributed by atoms with Crippen molar-refractivity contribution in [3.05, 3.63) is 58.7 Å². The van der Waals surface area contributed by atoms with Crippen LogP contribution < -0.4 is 0 Å². The third-order valence-corrected chi connectivity index (χ3v) is 3.06. The first-order valence-corrected chi connectivity index (χ1v) is 7.27. The van der Waals surface area contributed by atoms with Crippen molar-refractivity contribution in [3.63, 3.8) is 0 Å². The highest BCUT2D eigenvalue weighted by atomic mass is 16.5. The molecule has 25 heavy (non-hydrogen) atoms. The zero-order valence-electron chi connectivity index (χ0n) is 14.4. The lowest BCUT2D eigenvalue weighted by molar-refractivity contribution is -0.136. The monoisotopic (exact) mass is 345 g/mol. The van der Waals surface area contributed by atoms with Crippen molar-refractivity contribution in [2.24, 2.45) is 4.99 Å². The van der Waals surface area contributed by atoms with Crippen molar-refractivity contribution in [1.29, 1.82) is 0 Å². The topological polar surface area (TPSA) is 102 Å². The van der Waals surface area contributed by atoms with Gasteiger partial charge in [-0.25, -0.2) is 14.6 Å². The Balaban J connectivity index is 3.02. The number of ketones is 1. The van der Waals surface area contributed by atoms with Gasteiger partial charge in [0.1, 0.15) is 12.0 Å². The summed E-state index contributed by atoms with van der Waals surface area (Å²) in [6.45, 7) is 4.42. The minimum atomic E-state index is -0.869. The van der Waals surface area contributed by atoms with E-state index in [-0.39, 0.29) is 17.0 Å². The molecular formula is C18H19NO6. The summed E-state index contributed by atoms with van der Waals surface area (Å²) in [6.07, 6.45) is 1.83. The van der Waals surface area contributed by atoms with Gasteiger partial charge in [0, 0.05) is 6.21 Å². The Morgan fingerprint density at radius 3 is 2.20 bits per heavy atom. The minimum absolute atomic E-state index is 0.0836. The van der Waals surface area contributed by atoms with Crippen LogP contribution >= 0.6 is 0 Å². The summed E-state index contributed by atoms with van der Waals surface area (Å²) in [6, 6.07) is 6.65. The van der Waals surface area contributed by atoms with E-state index in [0.717, 1.165) is 25.1 Å². The molecule has 0 atom stereocenters. The molecule has 1 aromatic carbocycles. The second-order valence-electron chi connectivity index (χ2n) is 5.08. The molecule has 0 unspecified atom stereocenters. The number of aliphatic hydroxyl groups excluding tert-OH is 1. The largest absolute Gasteiger partial charge is 0.512 e. The number of Topliss-reactive ketones (excluding diaryl/α,β-unsaturated/α-hetero) is 1. The summed E-state index contributed by atoms with van der Waals surface area (Å²) in [5, 5.41) is 9.43. The van der Waals surface area contributed by atoms with Gasteiger partial charge >= 0.3 is 11.9 Å². The van der Waals surface area contributed by atoms with Crippen molar-refractivity contribution in [3.8, 4) is 0 Å². The fraction of sp³-hybridized carbons (Fsp3) is 0.222. The first-order chi connectivity index (χ1) is 11.8. The van der Waals surface area contributed by atoms with Crippen LogP contribution in [0.15, 0.2) is 52.5 Å². The first kappa shape index (κ1) is 19.8. The van der Waals surface area contributed by atoms with Crippen LogP contribution in [-0.4, -0.2) is 36.2 Å². The molecular weight excluding hydrogens is 326 g/mol. The van der Waals surface area contributed by atoms with Crippen LogP contribution in [0.2, 0.25) is 0 Å². The first-order valence-electron chi connectivity index (χ1n) is 7.27. The number of carbonyl (C=O) groups is 3. The van der Waals surface area contributed by atoms with E-state index in [1.807, 2.05) is 6.92 Å². The number of carbonyl (C=O) groups excluding carboxylic acids is 3. The Labute approximate surface area is 145 Å². The van der Waals surface area contributed by atoms with Gasteiger partial charge in [0.05, 0.1) is 18.2 Å². The maximum Gasteiger partial charge on any atom is 0.359 e. The van der Waals surface area contributed by atoms with Crippen LogP contribution in [0.25, 0.3) is 0 Å². The lowest BCUT2D eigenvalue weighted by Crippen LogP contribution is -2.08. The highest BCUT2D eigenvalue weighted by Crippen LogP contribution is 2.08. The predicted octanol–water partition coefficient (Wildman–Crippen LogP) is 2.66. The van der Waals surface area contributed by atoms with E-state index in [2.05, 4.69) is 9.73 Å². The summed E-state index contributed by atoms with van der Waals surface area (Å²) in [4.78, 5) is 38.8. The van der Waals surface area contributed by atoms with Crippen LogP contribution in [0.3, 0.4) is 0 Å². The number of esters is 2. The number of nitrogens with zero attached hydrogens (tertiary/aromatic N) is 1. The number of aliphatic imine (C=N–C) groups is 1. The molecule has 0 saturated heterocycles. The fourth-order valence-electron chi connectivity index (χ4n) is 1.68. The molecule has 1 rings (SSSR count). The second kappa shape index (κ2) is 9.17. The number of hydrogen-bond acceptors (Lipinski definition) is 7. The summed E-state index contributed by atoms with van der Waals surface area (Å²) >= 11 is 0. The van der Waals surface area contributed by atoms with Gasteiger partial charge in [0.2, 0.25) is 0 Å². The van der Waals surface area contributed by atoms with Crippen molar-refractivity contribution in [2.45, 2.75) is 20.8 Å². The van der Waals surface area contributed by atoms with Gasteiger partial charge in [0.25, 0.3) is 0 Å². The van der Waals surface area contributed by atoms with Crippen molar-refractivity contribution < 1.29 is 29.0 Å². The zero-order valence-corrected chi connectivity index (χ0v) is 14.4. The number of aryl methyl sites for hydroxylation is 1. The lowest BCUT2D eigenvalue weighted by Gasteiger charge is -2.03. The Kier molecular flexibility index (Phi) is 7.27. The van der Waals surface area contributed by atoms with Crippen molar-refractivity contribution >= 4 is 23.9 Å². The van der Waals surface area contributed by atoms with Crippen LogP contribution in [0.4, 0.5) is 0 Å². The highest BCUT2D eigenvalue weighted by Gasteiger charge is 2.13. The van der Waals surface area contributed by atoms with Gasteiger partial charge in [-0.15, -0.1) is 0 Å². The van der Waals surface area contributed by atoms with E-state index < -0.39 is 17.7 Å². The van der Waals surface area contributed by atoms with Gasteiger partial charge in [-0.05, 0) is 32.9 Å². The van der Waals surface area contributed by atoms with Crippen LogP contribution in [-0.2, 0) is 19.1 Å². The summed E-state index contributed by atoms with van der Waals surface area (Å²) in [5.41, 5.74) is 0.850. The Morgan fingerprint density at radius 2 is 1.72 bits per heavy atom. The Morgan fingerprint density at radius 1 is 1.12 bits per heavy atom. The molecule has 1 N–H and O–H groups in total. The number of hydrogen-bond donors (Lipinski definition) is 1. The molecule has 0 aromatic heterocycles. The maximum atomic E-state index is 12.0. The lowest BCUT2D eigenvalue weighted by atomic mass is 10.1. The average molecular weight is 345 g/mol. The smallest absolute Gasteiger partial charge is 0.359 e. The number of methoxy groups -OCH3 is 1. The number of allylic oxidation sites excluding steroid dienone is 2. The molecule has 0 aliphatic heterocycles. The van der Waals surface area contributed by atoms with Gasteiger partial charge in [-0.3, -0.25) is 4.79 Å². The molecule has 0 aliphatic carbocycles. The van der Waals surface area contributed by atoms with E-state index in [1.165, 1.54) is 13.8 Å². The van der Waals surface area contributed by atoms with Crippen LogP contribution in [0.5, 0.6) is 0 Å². The number of rotatable bonds is 6. The van der Waals surface area contributed by atoms with Crippen LogP contribution in [0.1, 0.15) is 29.8 Å². The van der Waals surface area contributed by atoms with Gasteiger partial charge in [-0.1, -0.05) is 17.7 Å². The molecule has 0 bridgehead atoms. The summed E-state index contributed by atoms with van der Waals surface area (Å²) < 4.78 is 9.47. The summed E-state index contributed by atoms with van der Waals surface area (Å²) in [7, 11) is 1.13. The quantitative estimate of drug-likeness (QED) is 0.368. The molecule has 0 saturated carbocycles. The summed E-state index contributed by atoms with van der Waals surface area (Å²) in [5.74, 6) is -2.24. The molecule has 0 amide bonds. The normalized spacial score (nSPS) is 12.6. The SMILES string of the molecule is COC(=O)C(=C/OC(=O)c1ccc(C)cc1)/N=C\C(C(C)=O)=C(/C)O. The third-order valence-electron chi connectivity index (χ3n) is 3.06. The number of benzene rings is 1. The molecule has 7 heteroatoms. The number of ether oxygens (including phenoxy) is 2. The predicted molar refractivity (Wildman–Crippen MR) is 91.2 cm³/mol. The van der Waals surface area contributed by atoms with Gasteiger partial charge in [-0.2, -0.15) is 0 Å². The zero-order chi connectivity index (χ0) is 19.0. The molecule has 0 aliphatic rings. The standard InChI is InChI=1S/C18H19NO6/c1-11-5-7-14(8-6-11)17(22)25-10-16(18(23)24-4)19-9-15(12(2)20)13(3)21/h5-10,20H,1-4H3/b15-12-,16-10-,19-9-. The molecule has 0 radical (unpaired) electrons. The molecule has 0 fully saturated rings. The van der Waals surface area contributed by atoms with Gasteiger partial charge in [0.15, 0.2) is 11.5 Å². The van der Waals surface area contributed by atoms with Crippen molar-refractivity contribution in [2.75, 3.05) is 7.11 Å². The number of aliphatic hydroxyl groups is 1. The van der Waals surface area contributed by atoms with E-state index in [1.54, 1.807) is 24.3 Å². The van der Waals surface area contributed by atoms with E-state index >= 15 is 0 Å². The molecule has 0 heterocycles. The van der Waals surface area contributed by atoms with E-state index in [4.69, 9.17) is 4.74 Å². The highest BCUT2D eigenvalue weighted by molar-refractivity contribution is 6.13. The third kappa shape index (κ3) is 6.06. The molecule has 7 nitrogen and oxygen atoms in total. The Hall–Kier alpha value is -3.22. The van der Waals surface area contributed by atoms with Crippen molar-refractivity contribution in [1.82, 2.24) is 0 Å². The molecule has 132 valence electrons. The average Bonchev–Trinajstić information content (AvgIpc) is 2.56. The van der Waals surface area contributed by atoms with E-state index in [0.29, 0.717) is 5.56 Å². The molecule has 1 aromatic rings. The van der Waals surface area contributed by atoms with E-state index in [9.17, 15) is 19.5 Å².